The van der Waals surface area contributed by atoms with E-state index in [1.165, 1.54) is 23.9 Å². The maximum Gasteiger partial charge on any atom is 0.282 e. The number of rotatable bonds is 5. The Morgan fingerprint density at radius 1 is 1.06 bits per heavy atom. The van der Waals surface area contributed by atoms with Gasteiger partial charge in [-0.2, -0.15) is 0 Å². The van der Waals surface area contributed by atoms with Crippen molar-refractivity contribution in [2.24, 2.45) is 11.1 Å². The predicted octanol–water partition coefficient (Wildman–Crippen LogP) is 5.28. The smallest absolute Gasteiger partial charge is 0.282 e. The quantitative estimate of drug-likeness (QED) is 0.271. The fourth-order valence-corrected chi connectivity index (χ4v) is 7.63. The van der Waals surface area contributed by atoms with Gasteiger partial charge in [0, 0.05) is 22.9 Å². The minimum Gasteiger partial charge on any atom is -0.378 e. The van der Waals surface area contributed by atoms with Gasteiger partial charge in [-0.25, -0.2) is 13.6 Å². The second-order valence-corrected chi connectivity index (χ2v) is 11.9. The number of nitrogens with one attached hydrogen (secondary N) is 1. The number of nitro benzene ring substituents is 1. The van der Waals surface area contributed by atoms with Gasteiger partial charge in [0.25, 0.3) is 5.69 Å². The molecule has 34 heavy (non-hydrogen) atoms. The lowest BCUT2D eigenvalue weighted by Gasteiger charge is -2.38. The monoisotopic (exact) mass is 515 g/mol. The molecule has 1 aliphatic heterocycles. The summed E-state index contributed by atoms with van der Waals surface area (Å²) in [4.78, 5) is 11.8. The van der Waals surface area contributed by atoms with E-state index >= 15 is 0 Å². The zero-order chi connectivity index (χ0) is 24.0. The lowest BCUT2D eigenvalue weighted by molar-refractivity contribution is -0.387. The van der Waals surface area contributed by atoms with E-state index < -0.39 is 10.0 Å². The number of primary sulfonamides is 1. The van der Waals surface area contributed by atoms with Gasteiger partial charge in [0.15, 0.2) is 0 Å². The van der Waals surface area contributed by atoms with Crippen molar-refractivity contribution in [2.45, 2.75) is 38.8 Å². The maximum atomic E-state index is 12.0. The highest BCUT2D eigenvalue weighted by molar-refractivity contribution is 8.00. The second kappa shape index (κ2) is 8.88. The average molecular weight is 516 g/mol. The molecular weight excluding hydrogens is 494 g/mol. The Kier molecular flexibility index (Phi) is 6.05. The van der Waals surface area contributed by atoms with Crippen molar-refractivity contribution in [3.05, 3.63) is 94.0 Å². The predicted molar refractivity (Wildman–Crippen MR) is 134 cm³/mol. The van der Waals surface area contributed by atoms with Crippen molar-refractivity contribution < 1.29 is 13.3 Å². The van der Waals surface area contributed by atoms with Gasteiger partial charge in [-0.3, -0.25) is 10.1 Å². The molecule has 0 unspecified atom stereocenters. The fraction of sp³-hybridized carbons (Fsp3) is 0.250. The van der Waals surface area contributed by atoms with Gasteiger partial charge >= 0.3 is 0 Å². The Labute approximate surface area is 206 Å². The molecule has 1 fully saturated rings. The van der Waals surface area contributed by atoms with E-state index in [0.29, 0.717) is 11.3 Å². The highest BCUT2D eigenvalue weighted by Gasteiger charge is 2.50. The summed E-state index contributed by atoms with van der Waals surface area (Å²) in [6.07, 6.45) is 0.709. The van der Waals surface area contributed by atoms with Gasteiger partial charge in [0.2, 0.25) is 10.0 Å². The first-order valence-electron chi connectivity index (χ1n) is 10.8. The molecule has 2 aliphatic rings. The van der Waals surface area contributed by atoms with Crippen molar-refractivity contribution >= 4 is 44.8 Å². The van der Waals surface area contributed by atoms with E-state index in [0.717, 1.165) is 16.8 Å². The summed E-state index contributed by atoms with van der Waals surface area (Å²) >= 11 is 8.50. The van der Waals surface area contributed by atoms with Gasteiger partial charge in [-0.05, 0) is 47.7 Å². The number of halogens is 1. The number of nitrogens with two attached hydrogens (primary N) is 1. The molecular formula is C24H22ClN3O4S2. The van der Waals surface area contributed by atoms with E-state index in [-0.39, 0.29) is 44.0 Å². The highest BCUT2D eigenvalue weighted by Crippen LogP contribution is 2.58. The molecule has 3 aromatic carbocycles. The summed E-state index contributed by atoms with van der Waals surface area (Å²) in [6.45, 7) is 0. The zero-order valence-electron chi connectivity index (χ0n) is 17.9. The SMILES string of the molecule is NS(=O)(=O)c1ccc2c(c1)[C@H]1[C@@H](Cl)[C@@H](Sc3ccccc3[N+](=O)[O-])C[C@@H]1[C@@H](c1ccccc1)N2. The lowest BCUT2D eigenvalue weighted by Crippen LogP contribution is -2.31. The summed E-state index contributed by atoms with van der Waals surface area (Å²) in [5.41, 5.74) is 2.80. The van der Waals surface area contributed by atoms with Gasteiger partial charge in [0.1, 0.15) is 0 Å². The first kappa shape index (κ1) is 23.2. The van der Waals surface area contributed by atoms with E-state index in [1.54, 1.807) is 30.3 Å². The Morgan fingerprint density at radius 3 is 2.47 bits per heavy atom. The van der Waals surface area contributed by atoms with Crippen molar-refractivity contribution in [3.8, 4) is 0 Å². The highest BCUT2D eigenvalue weighted by atomic mass is 35.5. The number of nitrogens with zero attached hydrogens (tertiary/aromatic N) is 1. The Balaban J connectivity index is 1.57. The van der Waals surface area contributed by atoms with Crippen molar-refractivity contribution in [2.75, 3.05) is 5.32 Å². The number of hydrogen-bond acceptors (Lipinski definition) is 6. The Morgan fingerprint density at radius 2 is 1.76 bits per heavy atom. The summed E-state index contributed by atoms with van der Waals surface area (Å²) in [5.74, 6) is -0.0847. The second-order valence-electron chi connectivity index (χ2n) is 8.58. The summed E-state index contributed by atoms with van der Waals surface area (Å²) in [5, 5.41) is 20.1. The third-order valence-corrected chi connectivity index (χ3v) is 9.64. The molecule has 0 radical (unpaired) electrons. The van der Waals surface area contributed by atoms with Crippen molar-refractivity contribution in [1.29, 1.82) is 0 Å². The molecule has 0 amide bonds. The van der Waals surface area contributed by atoms with Gasteiger partial charge in [-0.15, -0.1) is 23.4 Å². The summed E-state index contributed by atoms with van der Waals surface area (Å²) in [6, 6.07) is 21.5. The first-order chi connectivity index (χ1) is 16.2. The minimum absolute atomic E-state index is 0.0309. The Bertz CT molecular complexity index is 1350. The number of nitro groups is 1. The van der Waals surface area contributed by atoms with Crippen LogP contribution in [0, 0.1) is 16.0 Å². The molecule has 176 valence electrons. The standard InChI is InChI=1S/C24H22ClN3O4S2/c25-23-21(33-20-9-5-4-8-19(20)28(29)30)13-17-22(23)16-12-15(34(26,31)32)10-11-18(16)27-24(17)14-6-2-1-3-7-14/h1-12,17,21-24,27H,13H2,(H2,26,31,32)/t17-,21-,22+,23-,24+/m0/s1. The number of fused-ring (bicyclic) bond motifs is 3. The van der Waals surface area contributed by atoms with Crippen LogP contribution >= 0.6 is 23.4 Å². The van der Waals surface area contributed by atoms with Crippen LogP contribution in [0.3, 0.4) is 0 Å². The number of anilines is 1. The molecule has 1 heterocycles. The van der Waals surface area contributed by atoms with E-state index in [1.807, 2.05) is 18.2 Å². The third-order valence-electron chi connectivity index (χ3n) is 6.61. The molecule has 10 heteroatoms. The Hall–Kier alpha value is -2.59. The number of thioether (sulfide) groups is 1. The molecule has 3 N–H and O–H groups in total. The number of hydrogen-bond donors (Lipinski definition) is 2. The molecule has 5 rings (SSSR count). The first-order valence-corrected chi connectivity index (χ1v) is 13.6. The molecule has 7 nitrogen and oxygen atoms in total. The average Bonchev–Trinajstić information content (AvgIpc) is 3.14. The van der Waals surface area contributed by atoms with Gasteiger partial charge in [-0.1, -0.05) is 42.5 Å². The topological polar surface area (TPSA) is 115 Å². The molecule has 5 atom stereocenters. The van der Waals surface area contributed by atoms with Crippen LogP contribution in [-0.2, 0) is 10.0 Å². The van der Waals surface area contributed by atoms with E-state index in [4.69, 9.17) is 16.7 Å². The van der Waals surface area contributed by atoms with Crippen LogP contribution in [-0.4, -0.2) is 24.0 Å². The zero-order valence-corrected chi connectivity index (χ0v) is 20.3. The van der Waals surface area contributed by atoms with Crippen LogP contribution in [0.2, 0.25) is 0 Å². The molecule has 0 spiro atoms. The molecule has 0 saturated heterocycles. The minimum atomic E-state index is -3.88. The largest absolute Gasteiger partial charge is 0.378 e. The van der Waals surface area contributed by atoms with Gasteiger partial charge < -0.3 is 5.32 Å². The van der Waals surface area contributed by atoms with Crippen LogP contribution in [0.1, 0.15) is 29.5 Å². The third kappa shape index (κ3) is 4.17. The molecule has 0 aromatic heterocycles. The van der Waals surface area contributed by atoms with Crippen molar-refractivity contribution in [1.82, 2.24) is 0 Å². The molecule has 0 bridgehead atoms. The summed E-state index contributed by atoms with van der Waals surface area (Å²) < 4.78 is 24.1. The fourth-order valence-electron chi connectivity index (χ4n) is 5.13. The number of alkyl halides is 1. The number of sulfonamides is 1. The molecule has 3 aromatic rings. The van der Waals surface area contributed by atoms with Crippen LogP contribution in [0.4, 0.5) is 11.4 Å². The van der Waals surface area contributed by atoms with Crippen LogP contribution in [0.25, 0.3) is 0 Å². The van der Waals surface area contributed by atoms with Crippen LogP contribution in [0.15, 0.2) is 82.6 Å². The van der Waals surface area contributed by atoms with Crippen LogP contribution < -0.4 is 10.5 Å². The molecule has 1 saturated carbocycles. The number of benzene rings is 3. The van der Waals surface area contributed by atoms with Gasteiger partial charge in [0.05, 0.1) is 26.1 Å². The summed E-state index contributed by atoms with van der Waals surface area (Å²) in [7, 11) is -3.88. The lowest BCUT2D eigenvalue weighted by atomic mass is 9.77. The maximum absolute atomic E-state index is 12.0. The van der Waals surface area contributed by atoms with E-state index in [2.05, 4.69) is 17.4 Å². The normalized spacial score (nSPS) is 25.8. The van der Waals surface area contributed by atoms with E-state index in [9.17, 15) is 18.5 Å². The number of para-hydroxylation sites is 1. The molecule has 1 aliphatic carbocycles. The van der Waals surface area contributed by atoms with Crippen molar-refractivity contribution in [3.63, 3.8) is 0 Å². The van der Waals surface area contributed by atoms with Crippen LogP contribution in [0.5, 0.6) is 0 Å².